The Labute approximate surface area is 133 Å². The highest BCUT2D eigenvalue weighted by Crippen LogP contribution is 2.12. The van der Waals surface area contributed by atoms with Crippen LogP contribution in [-0.4, -0.2) is 27.9 Å². The number of carboxylic acid groups (broad SMARTS) is 1. The van der Waals surface area contributed by atoms with Crippen LogP contribution in [0.2, 0.25) is 5.02 Å². The number of halogens is 1. The fourth-order valence-corrected chi connectivity index (χ4v) is 2.06. The molecule has 22 heavy (non-hydrogen) atoms. The molecule has 114 valence electrons. The van der Waals surface area contributed by atoms with Gasteiger partial charge in [0.25, 0.3) is 0 Å². The maximum absolute atomic E-state index is 12.1. The van der Waals surface area contributed by atoms with Gasteiger partial charge in [0.1, 0.15) is 6.04 Å². The fraction of sp³-hybridized carbons (Fsp3) is 0.188. The van der Waals surface area contributed by atoms with Gasteiger partial charge in [-0.2, -0.15) is 0 Å². The van der Waals surface area contributed by atoms with E-state index < -0.39 is 12.0 Å². The van der Waals surface area contributed by atoms with Crippen molar-refractivity contribution in [1.29, 1.82) is 0 Å². The molecule has 0 radical (unpaired) electrons. The number of carboxylic acids is 1. The van der Waals surface area contributed by atoms with Gasteiger partial charge in [-0.1, -0.05) is 17.7 Å². The molecule has 6 heteroatoms. The molecule has 0 bridgehead atoms. The van der Waals surface area contributed by atoms with Gasteiger partial charge in [-0.25, -0.2) is 0 Å². The van der Waals surface area contributed by atoms with E-state index in [1.807, 2.05) is 6.07 Å². The van der Waals surface area contributed by atoms with Crippen molar-refractivity contribution in [3.05, 3.63) is 64.9 Å². The average molecular weight is 319 g/mol. The topological polar surface area (TPSA) is 79.3 Å². The number of pyridine rings is 1. The maximum Gasteiger partial charge on any atom is 0.321 e. The van der Waals surface area contributed by atoms with Crippen LogP contribution in [0.4, 0.5) is 0 Å². The molecular formula is C16H15ClN2O3. The highest BCUT2D eigenvalue weighted by Gasteiger charge is 2.21. The fourth-order valence-electron chi connectivity index (χ4n) is 1.93. The number of carbonyl (C=O) groups is 2. The Bertz CT molecular complexity index is 644. The number of ketones is 1. The second kappa shape index (κ2) is 7.68. The molecule has 2 N–H and O–H groups in total. The molecule has 5 nitrogen and oxygen atoms in total. The van der Waals surface area contributed by atoms with E-state index in [2.05, 4.69) is 10.3 Å². The number of carbonyl (C=O) groups excluding carboxylic acids is 1. The average Bonchev–Trinajstić information content (AvgIpc) is 2.52. The summed E-state index contributed by atoms with van der Waals surface area (Å²) in [5, 5.41) is 12.6. The molecule has 2 rings (SSSR count). The molecule has 0 aliphatic heterocycles. The van der Waals surface area contributed by atoms with Crippen LogP contribution in [0.25, 0.3) is 0 Å². The third kappa shape index (κ3) is 4.65. The third-order valence-electron chi connectivity index (χ3n) is 3.13. The minimum atomic E-state index is -1.06. The second-order valence-electron chi connectivity index (χ2n) is 4.77. The van der Waals surface area contributed by atoms with Crippen molar-refractivity contribution in [2.75, 3.05) is 0 Å². The quantitative estimate of drug-likeness (QED) is 0.767. The van der Waals surface area contributed by atoms with Gasteiger partial charge in [-0.3, -0.25) is 19.9 Å². The number of rotatable bonds is 7. The molecule has 0 spiro atoms. The Morgan fingerprint density at radius 1 is 1.23 bits per heavy atom. The first-order chi connectivity index (χ1) is 10.6. The summed E-state index contributed by atoms with van der Waals surface area (Å²) in [6.07, 6.45) is 3.16. The van der Waals surface area contributed by atoms with Crippen molar-refractivity contribution in [1.82, 2.24) is 10.3 Å². The van der Waals surface area contributed by atoms with Crippen LogP contribution >= 0.6 is 11.6 Å². The smallest absolute Gasteiger partial charge is 0.321 e. The molecular weight excluding hydrogens is 304 g/mol. The number of Topliss-reactive ketones (excluding diaryl/α,β-unsaturated/α-hetero) is 1. The van der Waals surface area contributed by atoms with Crippen LogP contribution < -0.4 is 5.32 Å². The zero-order valence-corrected chi connectivity index (χ0v) is 12.5. The molecule has 2 aromatic rings. The summed E-state index contributed by atoms with van der Waals surface area (Å²) in [7, 11) is 0. The molecule has 1 aromatic heterocycles. The van der Waals surface area contributed by atoms with Gasteiger partial charge >= 0.3 is 5.97 Å². The van der Waals surface area contributed by atoms with Crippen molar-refractivity contribution in [3.63, 3.8) is 0 Å². The van der Waals surface area contributed by atoms with Crippen molar-refractivity contribution in [2.45, 2.75) is 19.0 Å². The number of nitrogens with zero attached hydrogens (tertiary/aromatic N) is 1. The molecule has 0 aliphatic rings. The molecule has 0 amide bonds. The van der Waals surface area contributed by atoms with E-state index in [0.29, 0.717) is 17.1 Å². The Morgan fingerprint density at radius 3 is 2.55 bits per heavy atom. The molecule has 0 aliphatic carbocycles. The maximum atomic E-state index is 12.1. The standard InChI is InChI=1S/C16H15ClN2O3/c17-13-5-3-12(4-6-13)15(20)8-14(16(21)22)19-10-11-2-1-7-18-9-11/h1-7,9,14,19H,8,10H2,(H,21,22)/t14-/m1/s1. The number of hydrogen-bond donors (Lipinski definition) is 2. The summed E-state index contributed by atoms with van der Waals surface area (Å²) in [6, 6.07) is 9.03. The molecule has 0 saturated heterocycles. The van der Waals surface area contributed by atoms with Crippen LogP contribution in [0.3, 0.4) is 0 Å². The molecule has 1 heterocycles. The van der Waals surface area contributed by atoms with Gasteiger partial charge in [-0.05, 0) is 35.9 Å². The summed E-state index contributed by atoms with van der Waals surface area (Å²) in [5.41, 5.74) is 1.30. The van der Waals surface area contributed by atoms with Crippen LogP contribution in [0.1, 0.15) is 22.3 Å². The molecule has 1 aromatic carbocycles. The number of nitrogens with one attached hydrogen (secondary N) is 1. The predicted molar refractivity (Wildman–Crippen MR) is 82.9 cm³/mol. The lowest BCUT2D eigenvalue weighted by atomic mass is 10.0. The number of hydrogen-bond acceptors (Lipinski definition) is 4. The zero-order valence-electron chi connectivity index (χ0n) is 11.7. The van der Waals surface area contributed by atoms with Gasteiger partial charge in [0.15, 0.2) is 5.78 Å². The number of aliphatic carboxylic acids is 1. The Kier molecular flexibility index (Phi) is 5.63. The lowest BCUT2D eigenvalue weighted by Crippen LogP contribution is -2.38. The minimum absolute atomic E-state index is 0.128. The summed E-state index contributed by atoms with van der Waals surface area (Å²) in [6.45, 7) is 0.332. The van der Waals surface area contributed by atoms with E-state index in [0.717, 1.165) is 5.56 Å². The third-order valence-corrected chi connectivity index (χ3v) is 3.38. The Morgan fingerprint density at radius 2 is 1.95 bits per heavy atom. The van der Waals surface area contributed by atoms with Crippen LogP contribution in [0.5, 0.6) is 0 Å². The summed E-state index contributed by atoms with van der Waals surface area (Å²) >= 11 is 5.77. The molecule has 0 fully saturated rings. The highest BCUT2D eigenvalue weighted by molar-refractivity contribution is 6.30. The lowest BCUT2D eigenvalue weighted by Gasteiger charge is -2.13. The summed E-state index contributed by atoms with van der Waals surface area (Å²) < 4.78 is 0. The normalized spacial score (nSPS) is 11.9. The first-order valence-corrected chi connectivity index (χ1v) is 7.08. The van der Waals surface area contributed by atoms with E-state index in [-0.39, 0.29) is 12.2 Å². The van der Waals surface area contributed by atoms with Gasteiger partial charge < -0.3 is 5.11 Å². The molecule has 1 atom stereocenters. The summed E-state index contributed by atoms with van der Waals surface area (Å²) in [4.78, 5) is 27.4. The van der Waals surface area contributed by atoms with Crippen LogP contribution in [-0.2, 0) is 11.3 Å². The minimum Gasteiger partial charge on any atom is -0.480 e. The Balaban J connectivity index is 1.98. The molecule has 0 saturated carbocycles. The van der Waals surface area contributed by atoms with Crippen molar-refractivity contribution < 1.29 is 14.7 Å². The molecule has 0 unspecified atom stereocenters. The van der Waals surface area contributed by atoms with Gasteiger partial charge in [-0.15, -0.1) is 0 Å². The van der Waals surface area contributed by atoms with Crippen molar-refractivity contribution in [2.24, 2.45) is 0 Å². The number of aromatic nitrogens is 1. The van der Waals surface area contributed by atoms with E-state index in [9.17, 15) is 14.7 Å². The zero-order chi connectivity index (χ0) is 15.9. The highest BCUT2D eigenvalue weighted by atomic mass is 35.5. The largest absolute Gasteiger partial charge is 0.480 e. The van der Waals surface area contributed by atoms with Crippen molar-refractivity contribution in [3.8, 4) is 0 Å². The Hall–Kier alpha value is -2.24. The summed E-state index contributed by atoms with van der Waals surface area (Å²) in [5.74, 6) is -1.31. The van der Waals surface area contributed by atoms with Crippen LogP contribution in [0.15, 0.2) is 48.8 Å². The van der Waals surface area contributed by atoms with E-state index in [1.165, 1.54) is 0 Å². The second-order valence-corrected chi connectivity index (χ2v) is 5.20. The van der Waals surface area contributed by atoms with Gasteiger partial charge in [0.05, 0.1) is 0 Å². The van der Waals surface area contributed by atoms with Gasteiger partial charge in [0.2, 0.25) is 0 Å². The monoisotopic (exact) mass is 318 g/mol. The van der Waals surface area contributed by atoms with E-state index in [4.69, 9.17) is 11.6 Å². The lowest BCUT2D eigenvalue weighted by molar-refractivity contribution is -0.139. The number of benzene rings is 1. The van der Waals surface area contributed by atoms with Gasteiger partial charge in [0, 0.05) is 35.9 Å². The van der Waals surface area contributed by atoms with Crippen molar-refractivity contribution >= 4 is 23.4 Å². The first-order valence-electron chi connectivity index (χ1n) is 6.70. The van der Waals surface area contributed by atoms with E-state index >= 15 is 0 Å². The van der Waals surface area contributed by atoms with Crippen LogP contribution in [0, 0.1) is 0 Å². The first kappa shape index (κ1) is 16.1. The SMILES string of the molecule is O=C(C[C@@H](NCc1cccnc1)C(=O)O)c1ccc(Cl)cc1. The van der Waals surface area contributed by atoms with E-state index in [1.54, 1.807) is 42.7 Å². The predicted octanol–water partition coefficient (Wildman–Crippen LogP) is 2.55.